The van der Waals surface area contributed by atoms with Crippen molar-refractivity contribution in [2.24, 2.45) is 5.92 Å². The second-order valence-corrected chi connectivity index (χ2v) is 5.26. The zero-order valence-corrected chi connectivity index (χ0v) is 11.6. The molecule has 0 amide bonds. The number of nitrogens with zero attached hydrogens (tertiary/aromatic N) is 1. The van der Waals surface area contributed by atoms with Crippen LogP contribution in [0.4, 0.5) is 5.82 Å². The number of nitrogens with one attached hydrogen (secondary N) is 1. The first-order valence-electron chi connectivity index (χ1n) is 6.54. The summed E-state index contributed by atoms with van der Waals surface area (Å²) in [6, 6.07) is 3.71. The van der Waals surface area contributed by atoms with Gasteiger partial charge < -0.3 is 5.32 Å². The van der Waals surface area contributed by atoms with Gasteiger partial charge in [0.1, 0.15) is 5.82 Å². The molecular formula is C14H23ClN2. The Bertz CT molecular complexity index is 313. The second-order valence-electron chi connectivity index (χ2n) is 4.86. The molecule has 0 atom stereocenters. The van der Waals surface area contributed by atoms with Gasteiger partial charge >= 0.3 is 0 Å². The Morgan fingerprint density at radius 3 is 2.71 bits per heavy atom. The Balaban J connectivity index is 2.03. The lowest BCUT2D eigenvalue weighted by Crippen LogP contribution is -2.03. The van der Waals surface area contributed by atoms with Gasteiger partial charge in [-0.3, -0.25) is 0 Å². The second kappa shape index (κ2) is 8.35. The molecule has 0 bridgehead atoms. The van der Waals surface area contributed by atoms with Crippen molar-refractivity contribution in [3.05, 3.63) is 23.4 Å². The molecule has 1 aromatic rings. The number of hydrogen-bond donors (Lipinski definition) is 1. The number of anilines is 1. The molecule has 0 saturated heterocycles. The molecule has 0 fully saturated rings. The van der Waals surface area contributed by atoms with Gasteiger partial charge in [-0.05, 0) is 24.5 Å². The molecule has 0 unspecified atom stereocenters. The molecule has 0 aliphatic heterocycles. The highest BCUT2D eigenvalue weighted by molar-refractivity contribution is 6.32. The van der Waals surface area contributed by atoms with Crippen LogP contribution in [0.15, 0.2) is 18.3 Å². The molecule has 0 aromatic carbocycles. The molecule has 1 heterocycles. The Morgan fingerprint density at radius 1 is 1.24 bits per heavy atom. The zero-order chi connectivity index (χ0) is 12.5. The summed E-state index contributed by atoms with van der Waals surface area (Å²) in [7, 11) is 0. The number of hydrogen-bond acceptors (Lipinski definition) is 2. The Kier molecular flexibility index (Phi) is 7.02. The number of halogens is 1. The van der Waals surface area contributed by atoms with Gasteiger partial charge in [0.15, 0.2) is 0 Å². The fraction of sp³-hybridized carbons (Fsp3) is 0.643. The molecule has 3 heteroatoms. The minimum atomic E-state index is 0.701. The van der Waals surface area contributed by atoms with E-state index < -0.39 is 0 Å². The van der Waals surface area contributed by atoms with Crippen molar-refractivity contribution in [3.63, 3.8) is 0 Å². The lowest BCUT2D eigenvalue weighted by atomic mass is 10.0. The maximum atomic E-state index is 6.00. The van der Waals surface area contributed by atoms with E-state index in [1.54, 1.807) is 6.20 Å². The van der Waals surface area contributed by atoms with Crippen LogP contribution in [0, 0.1) is 5.92 Å². The van der Waals surface area contributed by atoms with Crippen LogP contribution in [0.5, 0.6) is 0 Å². The summed E-state index contributed by atoms with van der Waals surface area (Å²) in [5, 5.41) is 3.97. The van der Waals surface area contributed by atoms with Crippen LogP contribution in [-0.4, -0.2) is 11.5 Å². The Morgan fingerprint density at radius 2 is 2.00 bits per heavy atom. The highest BCUT2D eigenvalue weighted by Gasteiger charge is 1.99. The third kappa shape index (κ3) is 6.52. The Hall–Kier alpha value is -0.760. The first-order chi connectivity index (χ1) is 8.20. The molecule has 17 heavy (non-hydrogen) atoms. The predicted molar refractivity (Wildman–Crippen MR) is 75.7 cm³/mol. The van der Waals surface area contributed by atoms with E-state index >= 15 is 0 Å². The smallest absolute Gasteiger partial charge is 0.144 e. The third-order valence-electron chi connectivity index (χ3n) is 2.76. The summed E-state index contributed by atoms with van der Waals surface area (Å²) in [6.45, 7) is 5.52. The fourth-order valence-electron chi connectivity index (χ4n) is 1.75. The number of unbranched alkanes of at least 4 members (excludes halogenated alkanes) is 3. The van der Waals surface area contributed by atoms with Gasteiger partial charge in [0.2, 0.25) is 0 Å². The largest absolute Gasteiger partial charge is 0.369 e. The maximum Gasteiger partial charge on any atom is 0.144 e. The first-order valence-corrected chi connectivity index (χ1v) is 6.92. The van der Waals surface area contributed by atoms with Crippen LogP contribution in [0.2, 0.25) is 5.02 Å². The summed E-state index contributed by atoms with van der Waals surface area (Å²) in [6.07, 6.45) is 8.25. The molecule has 0 spiro atoms. The average Bonchev–Trinajstić information content (AvgIpc) is 2.30. The minimum absolute atomic E-state index is 0.701. The fourth-order valence-corrected chi connectivity index (χ4v) is 1.94. The molecule has 1 aromatic heterocycles. The van der Waals surface area contributed by atoms with Crippen LogP contribution in [-0.2, 0) is 0 Å². The molecule has 96 valence electrons. The lowest BCUT2D eigenvalue weighted by Gasteiger charge is -2.07. The van der Waals surface area contributed by atoms with E-state index in [0.717, 1.165) is 18.3 Å². The van der Waals surface area contributed by atoms with E-state index in [2.05, 4.69) is 24.1 Å². The SMILES string of the molecule is CC(C)CCCCCCNc1ncccc1Cl. The summed E-state index contributed by atoms with van der Waals surface area (Å²) >= 11 is 6.00. The molecule has 2 nitrogen and oxygen atoms in total. The van der Waals surface area contributed by atoms with Crippen LogP contribution < -0.4 is 5.32 Å². The third-order valence-corrected chi connectivity index (χ3v) is 3.06. The summed E-state index contributed by atoms with van der Waals surface area (Å²) in [5.41, 5.74) is 0. The molecule has 0 radical (unpaired) electrons. The molecule has 0 saturated carbocycles. The number of rotatable bonds is 8. The van der Waals surface area contributed by atoms with Crippen molar-refractivity contribution in [1.82, 2.24) is 4.98 Å². The number of aromatic nitrogens is 1. The van der Waals surface area contributed by atoms with Gasteiger partial charge in [0.25, 0.3) is 0 Å². The van der Waals surface area contributed by atoms with Gasteiger partial charge in [-0.25, -0.2) is 4.98 Å². The standard InChI is InChI=1S/C14H23ClN2/c1-12(2)8-5-3-4-6-10-16-14-13(15)9-7-11-17-14/h7,9,11-12H,3-6,8,10H2,1-2H3,(H,16,17). The summed E-state index contributed by atoms with van der Waals surface area (Å²) in [5.74, 6) is 1.64. The van der Waals surface area contributed by atoms with Crippen molar-refractivity contribution >= 4 is 17.4 Å². The average molecular weight is 255 g/mol. The van der Waals surface area contributed by atoms with Crippen molar-refractivity contribution in [1.29, 1.82) is 0 Å². The first kappa shape index (κ1) is 14.3. The van der Waals surface area contributed by atoms with Crippen molar-refractivity contribution < 1.29 is 0 Å². The highest BCUT2D eigenvalue weighted by Crippen LogP contribution is 2.17. The van der Waals surface area contributed by atoms with Crippen LogP contribution in [0.25, 0.3) is 0 Å². The quantitative estimate of drug-likeness (QED) is 0.677. The van der Waals surface area contributed by atoms with Crippen molar-refractivity contribution in [2.45, 2.75) is 46.0 Å². The van der Waals surface area contributed by atoms with Crippen LogP contribution >= 0.6 is 11.6 Å². The molecular weight excluding hydrogens is 232 g/mol. The highest BCUT2D eigenvalue weighted by atomic mass is 35.5. The normalized spacial score (nSPS) is 10.8. The Labute approximate surface area is 110 Å². The summed E-state index contributed by atoms with van der Waals surface area (Å²) in [4.78, 5) is 4.19. The topological polar surface area (TPSA) is 24.9 Å². The van der Waals surface area contributed by atoms with Gasteiger partial charge in [-0.15, -0.1) is 0 Å². The maximum absolute atomic E-state index is 6.00. The van der Waals surface area contributed by atoms with E-state index in [-0.39, 0.29) is 0 Å². The van der Waals surface area contributed by atoms with E-state index in [4.69, 9.17) is 11.6 Å². The molecule has 0 aliphatic rings. The van der Waals surface area contributed by atoms with Gasteiger partial charge in [0, 0.05) is 12.7 Å². The van der Waals surface area contributed by atoms with Crippen LogP contribution in [0.3, 0.4) is 0 Å². The van der Waals surface area contributed by atoms with Gasteiger partial charge in [-0.1, -0.05) is 51.1 Å². The monoisotopic (exact) mass is 254 g/mol. The van der Waals surface area contributed by atoms with E-state index in [0.29, 0.717) is 5.02 Å². The van der Waals surface area contributed by atoms with E-state index in [9.17, 15) is 0 Å². The van der Waals surface area contributed by atoms with Crippen LogP contribution in [0.1, 0.15) is 46.0 Å². The predicted octanol–water partition coefficient (Wildman–Crippen LogP) is 4.75. The summed E-state index contributed by atoms with van der Waals surface area (Å²) < 4.78 is 0. The number of pyridine rings is 1. The van der Waals surface area contributed by atoms with Crippen molar-refractivity contribution in [2.75, 3.05) is 11.9 Å². The zero-order valence-electron chi connectivity index (χ0n) is 10.9. The minimum Gasteiger partial charge on any atom is -0.369 e. The van der Waals surface area contributed by atoms with Crippen molar-refractivity contribution in [3.8, 4) is 0 Å². The molecule has 1 rings (SSSR count). The molecule has 1 N–H and O–H groups in total. The van der Waals surface area contributed by atoms with Gasteiger partial charge in [0.05, 0.1) is 5.02 Å². The van der Waals surface area contributed by atoms with E-state index in [1.807, 2.05) is 12.1 Å². The lowest BCUT2D eigenvalue weighted by molar-refractivity contribution is 0.523. The van der Waals surface area contributed by atoms with E-state index in [1.165, 1.54) is 32.1 Å². The van der Waals surface area contributed by atoms with Gasteiger partial charge in [-0.2, -0.15) is 0 Å². The molecule has 0 aliphatic carbocycles.